The molecule has 0 bridgehead atoms. The second-order valence-electron chi connectivity index (χ2n) is 5.03. The van der Waals surface area contributed by atoms with Gasteiger partial charge in [-0.2, -0.15) is 5.10 Å². The molecule has 1 aromatic heterocycles. The number of aromatic nitrogens is 2. The van der Waals surface area contributed by atoms with E-state index >= 15 is 0 Å². The molecular formula is C16H16FN3O2. The highest BCUT2D eigenvalue weighted by molar-refractivity contribution is 5.90. The molecular weight excluding hydrogens is 285 g/mol. The first kappa shape index (κ1) is 14.2. The van der Waals surface area contributed by atoms with Crippen LogP contribution in [0.5, 0.6) is 11.5 Å². The molecule has 6 heteroatoms. The van der Waals surface area contributed by atoms with Gasteiger partial charge in [0, 0.05) is 12.1 Å². The second-order valence-corrected chi connectivity index (χ2v) is 5.03. The molecule has 5 nitrogen and oxygen atoms in total. The third-order valence-electron chi connectivity index (χ3n) is 3.48. The van der Waals surface area contributed by atoms with Crippen molar-refractivity contribution in [3.63, 3.8) is 0 Å². The zero-order valence-electron chi connectivity index (χ0n) is 12.3. The number of nitrogen functional groups attached to an aromatic ring is 1. The molecule has 2 aromatic carbocycles. The molecule has 1 heterocycles. The summed E-state index contributed by atoms with van der Waals surface area (Å²) in [5.74, 6) is 0.931. The summed E-state index contributed by atoms with van der Waals surface area (Å²) >= 11 is 0. The Kier molecular flexibility index (Phi) is 3.58. The third kappa shape index (κ3) is 2.55. The van der Waals surface area contributed by atoms with Crippen LogP contribution in [0.25, 0.3) is 10.9 Å². The fourth-order valence-electron chi connectivity index (χ4n) is 2.39. The maximum atomic E-state index is 14.0. The SMILES string of the molecule is COc1ccc(COc2cc(F)c3c(N)n[nH]c3c2)cc1C. The van der Waals surface area contributed by atoms with Gasteiger partial charge in [0.25, 0.3) is 0 Å². The Morgan fingerprint density at radius 2 is 2.09 bits per heavy atom. The Morgan fingerprint density at radius 3 is 2.82 bits per heavy atom. The highest BCUT2D eigenvalue weighted by atomic mass is 19.1. The molecule has 0 amide bonds. The van der Waals surface area contributed by atoms with Crippen molar-refractivity contribution in [2.75, 3.05) is 12.8 Å². The van der Waals surface area contributed by atoms with Gasteiger partial charge < -0.3 is 15.2 Å². The molecule has 0 unspecified atom stereocenters. The smallest absolute Gasteiger partial charge is 0.156 e. The molecule has 0 spiro atoms. The van der Waals surface area contributed by atoms with Gasteiger partial charge in [0.1, 0.15) is 23.9 Å². The van der Waals surface area contributed by atoms with Crippen molar-refractivity contribution in [3.8, 4) is 11.5 Å². The number of nitrogens with one attached hydrogen (secondary N) is 1. The van der Waals surface area contributed by atoms with Crippen molar-refractivity contribution in [2.24, 2.45) is 0 Å². The first-order valence-electron chi connectivity index (χ1n) is 6.78. The van der Waals surface area contributed by atoms with Crippen molar-refractivity contribution in [3.05, 3.63) is 47.3 Å². The number of halogens is 1. The van der Waals surface area contributed by atoms with Crippen LogP contribution in [0.2, 0.25) is 0 Å². The second kappa shape index (κ2) is 5.55. The predicted molar refractivity (Wildman–Crippen MR) is 82.5 cm³/mol. The van der Waals surface area contributed by atoms with Gasteiger partial charge in [-0.25, -0.2) is 4.39 Å². The van der Waals surface area contributed by atoms with Crippen molar-refractivity contribution >= 4 is 16.7 Å². The minimum atomic E-state index is -0.454. The highest BCUT2D eigenvalue weighted by Crippen LogP contribution is 2.27. The molecule has 0 saturated carbocycles. The summed E-state index contributed by atoms with van der Waals surface area (Å²) in [5, 5.41) is 6.75. The largest absolute Gasteiger partial charge is 0.496 e. The number of anilines is 1. The van der Waals surface area contributed by atoms with E-state index in [0.29, 0.717) is 17.9 Å². The number of nitrogens with zero attached hydrogens (tertiary/aromatic N) is 1. The molecule has 0 atom stereocenters. The number of H-pyrrole nitrogens is 1. The van der Waals surface area contributed by atoms with Crippen LogP contribution in [-0.2, 0) is 6.61 Å². The van der Waals surface area contributed by atoms with Crippen LogP contribution in [0.1, 0.15) is 11.1 Å². The Bertz CT molecular complexity index is 830. The standard InChI is InChI=1S/C16H16FN3O2/c1-9-5-10(3-4-14(9)21-2)8-22-11-6-12(17)15-13(7-11)19-20-16(15)18/h3-7H,8H2,1-2H3,(H3,18,19,20). The molecule has 3 N–H and O–H groups in total. The number of benzene rings is 2. The number of fused-ring (bicyclic) bond motifs is 1. The number of hydrogen-bond acceptors (Lipinski definition) is 4. The van der Waals surface area contributed by atoms with Crippen LogP contribution < -0.4 is 15.2 Å². The van der Waals surface area contributed by atoms with Gasteiger partial charge in [0.05, 0.1) is 18.0 Å². The monoisotopic (exact) mass is 301 g/mol. The van der Waals surface area contributed by atoms with E-state index < -0.39 is 5.82 Å². The van der Waals surface area contributed by atoms with Crippen molar-refractivity contribution in [2.45, 2.75) is 13.5 Å². The molecule has 3 aromatic rings. The van der Waals surface area contributed by atoms with Gasteiger partial charge in [0.15, 0.2) is 5.82 Å². The van der Waals surface area contributed by atoms with Gasteiger partial charge in [-0.1, -0.05) is 6.07 Å². The first-order chi connectivity index (χ1) is 10.6. The number of aryl methyl sites for hydroxylation is 1. The number of ether oxygens (including phenoxy) is 2. The average molecular weight is 301 g/mol. The van der Waals surface area contributed by atoms with Gasteiger partial charge >= 0.3 is 0 Å². The van der Waals surface area contributed by atoms with Crippen LogP contribution in [0.15, 0.2) is 30.3 Å². The zero-order valence-corrected chi connectivity index (χ0v) is 12.3. The van der Waals surface area contributed by atoms with E-state index in [1.54, 1.807) is 13.2 Å². The summed E-state index contributed by atoms with van der Waals surface area (Å²) in [5.41, 5.74) is 8.11. The van der Waals surface area contributed by atoms with E-state index in [1.165, 1.54) is 6.07 Å². The summed E-state index contributed by atoms with van der Waals surface area (Å²) in [4.78, 5) is 0. The molecule has 0 aliphatic heterocycles. The average Bonchev–Trinajstić information content (AvgIpc) is 2.87. The Hall–Kier alpha value is -2.76. The molecule has 22 heavy (non-hydrogen) atoms. The van der Waals surface area contributed by atoms with Crippen LogP contribution in [-0.4, -0.2) is 17.3 Å². The van der Waals surface area contributed by atoms with Crippen LogP contribution in [0, 0.1) is 12.7 Å². The molecule has 114 valence electrons. The molecule has 0 aliphatic rings. The van der Waals surface area contributed by atoms with Crippen molar-refractivity contribution in [1.82, 2.24) is 10.2 Å². The van der Waals surface area contributed by atoms with Gasteiger partial charge in [0.2, 0.25) is 0 Å². The fourth-order valence-corrected chi connectivity index (χ4v) is 2.39. The van der Waals surface area contributed by atoms with Crippen molar-refractivity contribution in [1.29, 1.82) is 0 Å². The molecule has 0 fully saturated rings. The summed E-state index contributed by atoms with van der Waals surface area (Å²) in [6, 6.07) is 8.76. The van der Waals surface area contributed by atoms with E-state index in [4.69, 9.17) is 15.2 Å². The maximum Gasteiger partial charge on any atom is 0.156 e. The predicted octanol–water partition coefficient (Wildman–Crippen LogP) is 3.18. The van der Waals surface area contributed by atoms with Crippen LogP contribution in [0.4, 0.5) is 10.2 Å². The Labute approximate surface area is 126 Å². The summed E-state index contributed by atoms with van der Waals surface area (Å²) in [6.07, 6.45) is 0. The lowest BCUT2D eigenvalue weighted by Crippen LogP contribution is -1.97. The number of aromatic amines is 1. The molecule has 0 radical (unpaired) electrons. The number of hydrogen-bond donors (Lipinski definition) is 2. The zero-order chi connectivity index (χ0) is 15.7. The number of methoxy groups -OCH3 is 1. The van der Waals surface area contributed by atoms with E-state index in [1.807, 2.05) is 25.1 Å². The number of nitrogens with two attached hydrogens (primary N) is 1. The third-order valence-corrected chi connectivity index (χ3v) is 3.48. The lowest BCUT2D eigenvalue weighted by atomic mass is 10.1. The van der Waals surface area contributed by atoms with Gasteiger partial charge in [-0.15, -0.1) is 0 Å². The topological polar surface area (TPSA) is 73.2 Å². The quantitative estimate of drug-likeness (QED) is 0.776. The molecule has 3 rings (SSSR count). The molecule has 0 aliphatic carbocycles. The maximum absolute atomic E-state index is 14.0. The lowest BCUT2D eigenvalue weighted by molar-refractivity contribution is 0.305. The minimum Gasteiger partial charge on any atom is -0.496 e. The number of rotatable bonds is 4. The summed E-state index contributed by atoms with van der Waals surface area (Å²) in [7, 11) is 1.63. The fraction of sp³-hybridized carbons (Fsp3) is 0.188. The summed E-state index contributed by atoms with van der Waals surface area (Å²) < 4.78 is 24.9. The minimum absolute atomic E-state index is 0.143. The van der Waals surface area contributed by atoms with Crippen molar-refractivity contribution < 1.29 is 13.9 Å². The highest BCUT2D eigenvalue weighted by Gasteiger charge is 2.11. The van der Waals surface area contributed by atoms with Crippen LogP contribution in [0.3, 0.4) is 0 Å². The summed E-state index contributed by atoms with van der Waals surface area (Å²) in [6.45, 7) is 2.29. The first-order valence-corrected chi connectivity index (χ1v) is 6.78. The van der Waals surface area contributed by atoms with Crippen LogP contribution >= 0.6 is 0 Å². The van der Waals surface area contributed by atoms with Gasteiger partial charge in [-0.05, 0) is 30.2 Å². The van der Waals surface area contributed by atoms with Gasteiger partial charge in [-0.3, -0.25) is 5.10 Å². The lowest BCUT2D eigenvalue weighted by Gasteiger charge is -2.09. The van der Waals surface area contributed by atoms with E-state index in [0.717, 1.165) is 16.9 Å². The van der Waals surface area contributed by atoms with E-state index in [2.05, 4.69) is 10.2 Å². The Morgan fingerprint density at radius 1 is 1.27 bits per heavy atom. The van der Waals surface area contributed by atoms with E-state index in [9.17, 15) is 4.39 Å². The normalized spacial score (nSPS) is 10.9. The van der Waals surface area contributed by atoms with E-state index in [-0.39, 0.29) is 11.2 Å². The Balaban J connectivity index is 1.80. The molecule has 0 saturated heterocycles.